The number of anilines is 1. The van der Waals surface area contributed by atoms with E-state index in [1.54, 1.807) is 5.32 Å². The average molecular weight is 321 g/mol. The molecule has 1 N–H and O–H groups in total. The number of halogens is 4. The van der Waals surface area contributed by atoms with Crippen LogP contribution in [0.5, 0.6) is 0 Å². The van der Waals surface area contributed by atoms with Crippen LogP contribution in [-0.4, -0.2) is 36.9 Å². The zero-order valence-electron chi connectivity index (χ0n) is 10.3. The topological polar surface area (TPSA) is 66.5 Å². The molecule has 21 heavy (non-hydrogen) atoms. The summed E-state index contributed by atoms with van der Waals surface area (Å²) in [4.78, 5) is 35.7. The van der Waals surface area contributed by atoms with Crippen molar-refractivity contribution in [3.63, 3.8) is 0 Å². The fourth-order valence-electron chi connectivity index (χ4n) is 1.86. The number of nitrogens with zero attached hydrogens (tertiary/aromatic N) is 1. The molecule has 0 saturated heterocycles. The molecule has 5 nitrogen and oxygen atoms in total. The molecular weight excluding hydrogens is 313 g/mol. The lowest BCUT2D eigenvalue weighted by Gasteiger charge is -2.17. The molecule has 1 aromatic carbocycles. The van der Waals surface area contributed by atoms with E-state index in [0.29, 0.717) is 0 Å². The number of hydrogen-bond donors (Lipinski definition) is 1. The first kappa shape index (κ1) is 15.3. The van der Waals surface area contributed by atoms with E-state index in [4.69, 9.17) is 11.6 Å². The molecule has 0 unspecified atom stereocenters. The summed E-state index contributed by atoms with van der Waals surface area (Å²) in [7, 11) is 0. The number of carbonyl (C=O) groups excluding carboxylic acids is 3. The van der Waals surface area contributed by atoms with E-state index >= 15 is 0 Å². The number of carbonyl (C=O) groups is 3. The second-order valence-corrected chi connectivity index (χ2v) is 4.66. The van der Waals surface area contributed by atoms with Gasteiger partial charge in [-0.3, -0.25) is 19.3 Å². The highest BCUT2D eigenvalue weighted by Crippen LogP contribution is 2.35. The monoisotopic (exact) mass is 320 g/mol. The van der Waals surface area contributed by atoms with Crippen LogP contribution in [0.1, 0.15) is 10.4 Å². The zero-order valence-corrected chi connectivity index (χ0v) is 11.1. The number of amides is 2. The smallest absolute Gasteiger partial charge is 0.345 e. The summed E-state index contributed by atoms with van der Waals surface area (Å²) in [6, 6.07) is 4.22. The van der Waals surface area contributed by atoms with Gasteiger partial charge in [0, 0.05) is 0 Å². The van der Waals surface area contributed by atoms with Crippen molar-refractivity contribution in [1.29, 1.82) is 0 Å². The molecule has 0 saturated carbocycles. The SMILES string of the molecule is O=C(CN1C(=O)C(=O)c2cccc(Cl)c21)NCC(F)(F)F. The molecule has 1 aliphatic rings. The summed E-state index contributed by atoms with van der Waals surface area (Å²) < 4.78 is 36.0. The van der Waals surface area contributed by atoms with Crippen LogP contribution in [0.15, 0.2) is 18.2 Å². The Morgan fingerprint density at radius 1 is 1.29 bits per heavy atom. The highest BCUT2D eigenvalue weighted by atomic mass is 35.5. The minimum absolute atomic E-state index is 0.0242. The Morgan fingerprint density at radius 2 is 1.95 bits per heavy atom. The molecule has 1 aliphatic heterocycles. The third kappa shape index (κ3) is 3.15. The lowest BCUT2D eigenvalue weighted by atomic mass is 10.1. The molecule has 0 atom stereocenters. The minimum atomic E-state index is -4.56. The van der Waals surface area contributed by atoms with Gasteiger partial charge in [0.2, 0.25) is 5.91 Å². The van der Waals surface area contributed by atoms with Gasteiger partial charge in [0.05, 0.1) is 16.3 Å². The van der Waals surface area contributed by atoms with Gasteiger partial charge in [0.1, 0.15) is 13.1 Å². The van der Waals surface area contributed by atoms with Crippen LogP contribution in [0, 0.1) is 0 Å². The van der Waals surface area contributed by atoms with Crippen molar-refractivity contribution in [1.82, 2.24) is 5.32 Å². The molecule has 0 spiro atoms. The molecule has 1 heterocycles. The van der Waals surface area contributed by atoms with Crippen LogP contribution in [0.2, 0.25) is 5.02 Å². The molecule has 9 heteroatoms. The van der Waals surface area contributed by atoms with Crippen molar-refractivity contribution in [2.45, 2.75) is 6.18 Å². The molecule has 2 rings (SSSR count). The summed E-state index contributed by atoms with van der Waals surface area (Å²) in [5.41, 5.74) is 0.0625. The van der Waals surface area contributed by atoms with E-state index in [1.165, 1.54) is 18.2 Å². The van der Waals surface area contributed by atoms with Gasteiger partial charge in [0.25, 0.3) is 11.7 Å². The van der Waals surface area contributed by atoms with Gasteiger partial charge in [-0.15, -0.1) is 0 Å². The fourth-order valence-corrected chi connectivity index (χ4v) is 2.14. The van der Waals surface area contributed by atoms with Gasteiger partial charge in [-0.2, -0.15) is 13.2 Å². The lowest BCUT2D eigenvalue weighted by Crippen LogP contribution is -2.43. The third-order valence-corrected chi connectivity index (χ3v) is 3.03. The largest absolute Gasteiger partial charge is 0.405 e. The standard InChI is InChI=1S/C12H8ClF3N2O3/c13-7-3-1-2-6-9(7)18(11(21)10(6)20)4-8(19)17-5-12(14,15)16/h1-3H,4-5H2,(H,17,19). The number of benzene rings is 1. The molecule has 0 fully saturated rings. The summed E-state index contributed by atoms with van der Waals surface area (Å²) in [5, 5.41) is 1.69. The second kappa shape index (κ2) is 5.36. The van der Waals surface area contributed by atoms with Crippen LogP contribution >= 0.6 is 11.6 Å². The summed E-state index contributed by atoms with van der Waals surface area (Å²) in [5.74, 6) is -2.89. The molecule has 0 aromatic heterocycles. The number of hydrogen-bond acceptors (Lipinski definition) is 3. The molecule has 2 amide bonds. The number of nitrogens with one attached hydrogen (secondary N) is 1. The van der Waals surface area contributed by atoms with Crippen LogP contribution in [0.3, 0.4) is 0 Å². The minimum Gasteiger partial charge on any atom is -0.345 e. The molecular formula is C12H8ClF3N2O3. The van der Waals surface area contributed by atoms with Gasteiger partial charge in [-0.25, -0.2) is 0 Å². The van der Waals surface area contributed by atoms with E-state index in [-0.39, 0.29) is 16.3 Å². The summed E-state index contributed by atoms with van der Waals surface area (Å²) >= 11 is 5.87. The van der Waals surface area contributed by atoms with Gasteiger partial charge in [-0.1, -0.05) is 17.7 Å². The van der Waals surface area contributed by atoms with Crippen molar-refractivity contribution < 1.29 is 27.6 Å². The number of para-hydroxylation sites is 1. The number of fused-ring (bicyclic) bond motifs is 1. The van der Waals surface area contributed by atoms with Crippen LogP contribution in [0.4, 0.5) is 18.9 Å². The number of rotatable bonds is 3. The molecule has 0 aliphatic carbocycles. The van der Waals surface area contributed by atoms with Gasteiger partial charge in [-0.05, 0) is 12.1 Å². The maximum Gasteiger partial charge on any atom is 0.405 e. The first-order valence-electron chi connectivity index (χ1n) is 5.69. The van der Waals surface area contributed by atoms with E-state index in [2.05, 4.69) is 0 Å². The fraction of sp³-hybridized carbons (Fsp3) is 0.250. The van der Waals surface area contributed by atoms with Crippen LogP contribution < -0.4 is 10.2 Å². The van der Waals surface area contributed by atoms with Crippen LogP contribution in [-0.2, 0) is 9.59 Å². The normalized spacial score (nSPS) is 14.4. The Bertz CT molecular complexity index is 631. The second-order valence-electron chi connectivity index (χ2n) is 4.25. The maximum absolute atomic E-state index is 12.0. The molecule has 0 bridgehead atoms. The average Bonchev–Trinajstić information content (AvgIpc) is 2.62. The first-order valence-corrected chi connectivity index (χ1v) is 6.06. The van der Waals surface area contributed by atoms with E-state index in [0.717, 1.165) is 4.90 Å². The number of alkyl halides is 3. The number of Topliss-reactive ketones (excluding diaryl/α,β-unsaturated/α-hetero) is 1. The van der Waals surface area contributed by atoms with Gasteiger partial charge in [0.15, 0.2) is 0 Å². The predicted molar refractivity (Wildman–Crippen MR) is 67.2 cm³/mol. The van der Waals surface area contributed by atoms with Crippen molar-refractivity contribution in [3.05, 3.63) is 28.8 Å². The van der Waals surface area contributed by atoms with E-state index < -0.39 is 36.9 Å². The third-order valence-electron chi connectivity index (χ3n) is 2.73. The summed E-state index contributed by atoms with van der Waals surface area (Å²) in [6.07, 6.45) is -4.56. The molecule has 112 valence electrons. The predicted octanol–water partition coefficient (Wildman–Crippen LogP) is 1.55. The Balaban J connectivity index is 2.17. The van der Waals surface area contributed by atoms with Crippen LogP contribution in [0.25, 0.3) is 0 Å². The Morgan fingerprint density at radius 3 is 2.57 bits per heavy atom. The van der Waals surface area contributed by atoms with Crippen molar-refractivity contribution in [2.75, 3.05) is 18.0 Å². The lowest BCUT2D eigenvalue weighted by molar-refractivity contribution is -0.137. The highest BCUT2D eigenvalue weighted by Gasteiger charge is 2.38. The molecule has 0 radical (unpaired) electrons. The van der Waals surface area contributed by atoms with Crippen molar-refractivity contribution in [3.8, 4) is 0 Å². The zero-order chi connectivity index (χ0) is 15.8. The first-order chi connectivity index (χ1) is 9.70. The van der Waals surface area contributed by atoms with Crippen molar-refractivity contribution >= 4 is 34.9 Å². The van der Waals surface area contributed by atoms with E-state index in [9.17, 15) is 27.6 Å². The maximum atomic E-state index is 12.0. The highest BCUT2D eigenvalue weighted by molar-refractivity contribution is 6.54. The quantitative estimate of drug-likeness (QED) is 0.859. The Hall–Kier alpha value is -2.09. The summed E-state index contributed by atoms with van der Waals surface area (Å²) in [6.45, 7) is -2.23. The Labute approximate surface area is 121 Å². The van der Waals surface area contributed by atoms with Crippen molar-refractivity contribution in [2.24, 2.45) is 0 Å². The van der Waals surface area contributed by atoms with E-state index in [1.807, 2.05) is 0 Å². The van der Waals surface area contributed by atoms with Gasteiger partial charge < -0.3 is 5.32 Å². The van der Waals surface area contributed by atoms with Gasteiger partial charge >= 0.3 is 6.18 Å². The Kier molecular flexibility index (Phi) is 3.91. The molecule has 1 aromatic rings. The number of ketones is 1.